The Bertz CT molecular complexity index is 1070. The summed E-state index contributed by atoms with van der Waals surface area (Å²) < 4.78 is 0. The van der Waals surface area contributed by atoms with Gasteiger partial charge in [0.15, 0.2) is 0 Å². The predicted octanol–water partition coefficient (Wildman–Crippen LogP) is 4.56. The lowest BCUT2D eigenvalue weighted by atomic mass is 10.1. The fourth-order valence-electron chi connectivity index (χ4n) is 2.46. The molecule has 0 saturated carbocycles. The van der Waals surface area contributed by atoms with Crippen LogP contribution in [0.5, 0.6) is 11.5 Å². The summed E-state index contributed by atoms with van der Waals surface area (Å²) in [5.41, 5.74) is 3.50. The van der Waals surface area contributed by atoms with Gasteiger partial charge in [0.1, 0.15) is 11.5 Å². The third kappa shape index (κ3) is 4.27. The van der Waals surface area contributed by atoms with Gasteiger partial charge in [-0.25, -0.2) is 0 Å². The molecule has 0 aliphatic rings. The summed E-state index contributed by atoms with van der Waals surface area (Å²) >= 11 is 0. The highest BCUT2D eigenvalue weighted by Gasteiger charge is 2.03. The van der Waals surface area contributed by atoms with E-state index in [1.54, 1.807) is 36.4 Å². The van der Waals surface area contributed by atoms with Crippen LogP contribution >= 0.6 is 0 Å². The van der Waals surface area contributed by atoms with Crippen LogP contribution in [-0.2, 0) is 0 Å². The molecule has 0 spiro atoms. The Morgan fingerprint density at radius 3 is 1.50 bits per heavy atom. The van der Waals surface area contributed by atoms with Crippen molar-refractivity contribution in [1.29, 1.82) is 0 Å². The summed E-state index contributed by atoms with van der Waals surface area (Å²) in [6, 6.07) is 17.0. The van der Waals surface area contributed by atoms with Gasteiger partial charge >= 0.3 is 0 Å². The minimum absolute atomic E-state index is 0.0831. The summed E-state index contributed by atoms with van der Waals surface area (Å²) in [5.74, 6) is 5.21. The van der Waals surface area contributed by atoms with Gasteiger partial charge in [0.05, 0.1) is 11.4 Å². The molecule has 0 aliphatic carbocycles. The monoisotopic (exact) mass is 364 g/mol. The van der Waals surface area contributed by atoms with Crippen molar-refractivity contribution in [3.05, 3.63) is 82.9 Å². The van der Waals surface area contributed by atoms with Crippen molar-refractivity contribution in [3.63, 3.8) is 0 Å². The number of para-hydroxylation sites is 2. The molecule has 3 aromatic carbocycles. The van der Waals surface area contributed by atoms with Crippen LogP contribution < -0.4 is 0 Å². The van der Waals surface area contributed by atoms with E-state index in [1.807, 2.05) is 12.1 Å². The molecule has 134 valence electrons. The second-order valence-corrected chi connectivity index (χ2v) is 5.84. The third-order valence-electron chi connectivity index (χ3n) is 3.96. The van der Waals surface area contributed by atoms with Crippen LogP contribution in [-0.4, -0.2) is 22.6 Å². The molecule has 0 bridgehead atoms. The highest BCUT2D eigenvalue weighted by Crippen LogP contribution is 2.28. The van der Waals surface area contributed by atoms with Gasteiger partial charge in [-0.05, 0) is 48.5 Å². The molecule has 0 heterocycles. The first-order valence-electron chi connectivity index (χ1n) is 8.37. The number of phenols is 2. The van der Waals surface area contributed by atoms with Gasteiger partial charge in [0.2, 0.25) is 0 Å². The summed E-state index contributed by atoms with van der Waals surface area (Å²) in [7, 11) is 0. The number of aromatic hydroxyl groups is 2. The minimum Gasteiger partial charge on any atom is -0.507 e. The molecule has 2 N–H and O–H groups in total. The van der Waals surface area contributed by atoms with Crippen LogP contribution in [0.25, 0.3) is 0 Å². The fourth-order valence-corrected chi connectivity index (χ4v) is 2.46. The van der Waals surface area contributed by atoms with Crippen LogP contribution in [0.15, 0.2) is 70.6 Å². The van der Waals surface area contributed by atoms with E-state index in [4.69, 9.17) is 12.8 Å². The lowest BCUT2D eigenvalue weighted by Gasteiger charge is -2.03. The first kappa shape index (κ1) is 18.5. The van der Waals surface area contributed by atoms with E-state index in [0.29, 0.717) is 33.6 Å². The minimum atomic E-state index is 0.0831. The van der Waals surface area contributed by atoms with Crippen molar-refractivity contribution < 1.29 is 10.2 Å². The number of hydrogen-bond donors (Lipinski definition) is 2. The topological polar surface area (TPSA) is 65.2 Å². The van der Waals surface area contributed by atoms with Gasteiger partial charge in [-0.1, -0.05) is 24.0 Å². The van der Waals surface area contributed by atoms with Crippen molar-refractivity contribution in [2.24, 2.45) is 9.98 Å². The fraction of sp³-hybridized carbons (Fsp3) is 0. The molecule has 0 fully saturated rings. The third-order valence-corrected chi connectivity index (χ3v) is 3.96. The zero-order chi connectivity index (χ0) is 19.9. The number of benzene rings is 3. The molecular weight excluding hydrogens is 348 g/mol. The van der Waals surface area contributed by atoms with Crippen molar-refractivity contribution in [3.8, 4) is 36.2 Å². The van der Waals surface area contributed by atoms with E-state index < -0.39 is 0 Å². The van der Waals surface area contributed by atoms with E-state index >= 15 is 0 Å². The first-order valence-corrected chi connectivity index (χ1v) is 8.37. The van der Waals surface area contributed by atoms with Gasteiger partial charge in [-0.15, -0.1) is 12.8 Å². The number of terminal acetylenes is 2. The maximum absolute atomic E-state index is 9.98. The molecule has 3 rings (SSSR count). The first-order chi connectivity index (χ1) is 13.6. The summed E-state index contributed by atoms with van der Waals surface area (Å²) in [6.45, 7) is 0. The van der Waals surface area contributed by atoms with Gasteiger partial charge in [0.25, 0.3) is 0 Å². The molecule has 0 amide bonds. The standard InChI is InChI=1S/C24H16N2O2/c1-3-17-9-11-23(27)19(13-17)15-25-21-7-5-6-8-22(21)26-16-20-14-18(4-2)10-12-24(20)28/h1-2,5-16,27-28H. The zero-order valence-corrected chi connectivity index (χ0v) is 14.9. The number of hydrogen-bond acceptors (Lipinski definition) is 4. The number of rotatable bonds is 4. The van der Waals surface area contributed by atoms with Crippen LogP contribution in [0.4, 0.5) is 11.4 Å². The SMILES string of the molecule is C#Cc1ccc(O)c(C=Nc2ccccc2N=Cc2cc(C#C)ccc2O)c1. The molecule has 3 aromatic rings. The summed E-state index contributed by atoms with van der Waals surface area (Å²) in [5, 5.41) is 20.0. The average Bonchev–Trinajstić information content (AvgIpc) is 2.73. The zero-order valence-electron chi connectivity index (χ0n) is 14.9. The smallest absolute Gasteiger partial charge is 0.124 e. The molecule has 0 saturated heterocycles. The summed E-state index contributed by atoms with van der Waals surface area (Å²) in [6.07, 6.45) is 13.9. The Morgan fingerprint density at radius 2 is 1.11 bits per heavy atom. The van der Waals surface area contributed by atoms with Gasteiger partial charge in [0, 0.05) is 34.7 Å². The van der Waals surface area contributed by atoms with Crippen LogP contribution in [0.2, 0.25) is 0 Å². The Kier molecular flexibility index (Phi) is 5.55. The molecule has 0 aliphatic heterocycles. The largest absolute Gasteiger partial charge is 0.507 e. The van der Waals surface area contributed by atoms with Crippen LogP contribution in [0, 0.1) is 24.7 Å². The summed E-state index contributed by atoms with van der Waals surface area (Å²) in [4.78, 5) is 8.84. The van der Waals surface area contributed by atoms with E-state index in [9.17, 15) is 10.2 Å². The Hall–Kier alpha value is -4.28. The number of aliphatic imine (C=N–C) groups is 2. The van der Waals surface area contributed by atoms with Crippen molar-refractivity contribution in [2.75, 3.05) is 0 Å². The highest BCUT2D eigenvalue weighted by atomic mass is 16.3. The maximum atomic E-state index is 9.98. The van der Waals surface area contributed by atoms with Gasteiger partial charge in [-0.2, -0.15) is 0 Å². The molecule has 0 radical (unpaired) electrons. The highest BCUT2D eigenvalue weighted by molar-refractivity contribution is 5.89. The average molecular weight is 364 g/mol. The molecular formula is C24H16N2O2. The van der Waals surface area contributed by atoms with Crippen LogP contribution in [0.3, 0.4) is 0 Å². The Morgan fingerprint density at radius 1 is 0.679 bits per heavy atom. The van der Waals surface area contributed by atoms with Gasteiger partial charge < -0.3 is 10.2 Å². The van der Waals surface area contributed by atoms with Gasteiger partial charge in [-0.3, -0.25) is 9.98 Å². The molecule has 0 unspecified atom stereocenters. The van der Waals surface area contributed by atoms with Crippen LogP contribution in [0.1, 0.15) is 22.3 Å². The number of nitrogens with zero attached hydrogens (tertiary/aromatic N) is 2. The molecule has 4 heteroatoms. The van der Waals surface area contributed by atoms with E-state index in [-0.39, 0.29) is 11.5 Å². The molecule has 0 aromatic heterocycles. The predicted molar refractivity (Wildman–Crippen MR) is 113 cm³/mol. The molecule has 0 atom stereocenters. The second kappa shape index (κ2) is 8.40. The normalized spacial score (nSPS) is 10.8. The Labute approximate surface area is 163 Å². The quantitative estimate of drug-likeness (QED) is 0.526. The maximum Gasteiger partial charge on any atom is 0.124 e. The lowest BCUT2D eigenvalue weighted by Crippen LogP contribution is -1.86. The number of phenolic OH excluding ortho intramolecular Hbond substituents is 2. The lowest BCUT2D eigenvalue weighted by molar-refractivity contribution is 0.474. The second-order valence-electron chi connectivity index (χ2n) is 5.84. The van der Waals surface area contributed by atoms with E-state index in [2.05, 4.69) is 21.8 Å². The molecule has 4 nitrogen and oxygen atoms in total. The van der Waals surface area contributed by atoms with Crippen molar-refractivity contribution in [2.45, 2.75) is 0 Å². The Balaban J connectivity index is 1.93. The molecule has 28 heavy (non-hydrogen) atoms. The van der Waals surface area contributed by atoms with Crippen molar-refractivity contribution in [1.82, 2.24) is 0 Å². The van der Waals surface area contributed by atoms with E-state index in [0.717, 1.165) is 0 Å². The van der Waals surface area contributed by atoms with E-state index in [1.165, 1.54) is 24.6 Å². The van der Waals surface area contributed by atoms with Crippen molar-refractivity contribution >= 4 is 23.8 Å².